The molecule has 12 aromatic carbocycles. The molecule has 3 heteroatoms. The minimum absolute atomic E-state index is 0.471. The van der Waals surface area contributed by atoms with Crippen LogP contribution in [0.15, 0.2) is 265 Å². The van der Waals surface area contributed by atoms with Crippen molar-refractivity contribution in [3.05, 3.63) is 283 Å². The van der Waals surface area contributed by atoms with Gasteiger partial charge in [-0.2, -0.15) is 0 Å². The van der Waals surface area contributed by atoms with Crippen molar-refractivity contribution < 1.29 is 4.42 Å². The Hall–Kier alpha value is -9.02. The predicted molar refractivity (Wildman–Crippen MR) is 304 cm³/mol. The van der Waals surface area contributed by atoms with Crippen molar-refractivity contribution >= 4 is 92.1 Å². The minimum Gasteiger partial charge on any atom is -0.453 e. The van der Waals surface area contributed by atoms with Gasteiger partial charge in [-0.05, 0) is 108 Å². The van der Waals surface area contributed by atoms with Crippen LogP contribution in [0.3, 0.4) is 0 Å². The molecule has 0 bridgehead atoms. The molecule has 0 atom stereocenters. The summed E-state index contributed by atoms with van der Waals surface area (Å²) in [4.78, 5) is 2.37. The average molecular weight is 934 g/mol. The maximum atomic E-state index is 7.05. The van der Waals surface area contributed by atoms with Crippen LogP contribution in [0, 0.1) is 0 Å². The third kappa shape index (κ3) is 5.95. The van der Waals surface area contributed by atoms with Crippen LogP contribution in [0.4, 0.5) is 17.1 Å². The largest absolute Gasteiger partial charge is 0.453 e. The lowest BCUT2D eigenvalue weighted by Gasteiger charge is -2.34. The third-order valence-corrected chi connectivity index (χ3v) is 16.6. The lowest BCUT2D eigenvalue weighted by Crippen LogP contribution is -2.28. The number of thiophene rings is 1. The van der Waals surface area contributed by atoms with Crippen LogP contribution >= 0.6 is 11.3 Å². The van der Waals surface area contributed by atoms with E-state index in [9.17, 15) is 0 Å². The summed E-state index contributed by atoms with van der Waals surface area (Å²) in [5.41, 5.74) is 16.8. The smallest absolute Gasteiger partial charge is 0.159 e. The molecule has 2 heterocycles. The highest BCUT2D eigenvalue weighted by molar-refractivity contribution is 7.27. The van der Waals surface area contributed by atoms with Crippen LogP contribution < -0.4 is 4.90 Å². The number of para-hydroxylation sites is 1. The summed E-state index contributed by atoms with van der Waals surface area (Å²) in [6.07, 6.45) is 0. The summed E-state index contributed by atoms with van der Waals surface area (Å²) in [7, 11) is 0. The average Bonchev–Trinajstić information content (AvgIpc) is 4.14. The molecular weight excluding hydrogens is 891 g/mol. The quantitative estimate of drug-likeness (QED) is 0.158. The first-order chi connectivity index (χ1) is 35.7. The summed E-state index contributed by atoms with van der Waals surface area (Å²) in [6.45, 7) is 0. The van der Waals surface area contributed by atoms with E-state index in [1.165, 1.54) is 81.0 Å². The molecule has 0 amide bonds. The van der Waals surface area contributed by atoms with E-state index in [2.05, 4.69) is 266 Å². The SMILES string of the molecule is c1ccc(C2(c3ccccc3)c3ccccc3-c3c(-c4ccc(N(c5ccc(-c6cccc7c6sc6c8ccccc8ccc76)cc5)c5cccc6c5oc5c7ccccc7ccc65)cc4)cccc32)cc1. The van der Waals surface area contributed by atoms with Crippen molar-refractivity contribution in [1.29, 1.82) is 0 Å². The second-order valence-corrected chi connectivity index (χ2v) is 20.1. The van der Waals surface area contributed by atoms with E-state index in [0.717, 1.165) is 55.3 Å². The fourth-order valence-electron chi connectivity index (χ4n) is 12.2. The molecule has 2 nitrogen and oxygen atoms in total. The van der Waals surface area contributed by atoms with Crippen molar-refractivity contribution in [2.24, 2.45) is 0 Å². The van der Waals surface area contributed by atoms with Gasteiger partial charge in [0, 0.05) is 47.7 Å². The molecule has 0 N–H and O–H groups in total. The van der Waals surface area contributed by atoms with E-state index in [-0.39, 0.29) is 0 Å². The lowest BCUT2D eigenvalue weighted by atomic mass is 9.67. The Balaban J connectivity index is 0.896. The molecule has 14 aromatic rings. The number of nitrogens with zero attached hydrogens (tertiary/aromatic N) is 1. The lowest BCUT2D eigenvalue weighted by molar-refractivity contribution is 0.673. The molecule has 0 spiro atoms. The summed E-state index contributed by atoms with van der Waals surface area (Å²) in [5, 5.41) is 9.67. The van der Waals surface area contributed by atoms with Crippen LogP contribution in [0.5, 0.6) is 0 Å². The van der Waals surface area contributed by atoms with Gasteiger partial charge in [0.25, 0.3) is 0 Å². The standard InChI is InChI=1S/C69H43NOS/c1-3-18-48(19-4-1)69(49-20-5-2-6-21-49)61-29-12-11-24-60(61)64-52(25-14-30-62(64)69)46-32-38-50(39-33-46)70(63-31-15-27-56-57-42-36-44-16-7-9-22-53(44)65(57)71-66(56)63)51-40-34-47(35-41-51)55-26-13-28-58-59-43-37-45-17-8-10-23-54(45)68(59)72-67(55)58/h1-43H. The van der Waals surface area contributed by atoms with E-state index in [4.69, 9.17) is 4.42 Å². The zero-order valence-corrected chi connectivity index (χ0v) is 39.9. The molecule has 0 aliphatic heterocycles. The molecule has 0 fully saturated rings. The molecule has 2 aromatic heterocycles. The Morgan fingerprint density at radius 1 is 0.319 bits per heavy atom. The van der Waals surface area contributed by atoms with Crippen molar-refractivity contribution in [3.63, 3.8) is 0 Å². The summed E-state index contributed by atoms with van der Waals surface area (Å²) in [6, 6.07) is 95.8. The number of fused-ring (bicyclic) bond motifs is 13. The summed E-state index contributed by atoms with van der Waals surface area (Å²) < 4.78 is 9.70. The zero-order valence-electron chi connectivity index (χ0n) is 39.1. The fraction of sp³-hybridized carbons (Fsp3) is 0.0145. The zero-order chi connectivity index (χ0) is 47.3. The Bertz CT molecular complexity index is 4390. The molecule has 1 aliphatic rings. The van der Waals surface area contributed by atoms with Gasteiger partial charge in [-0.15, -0.1) is 11.3 Å². The van der Waals surface area contributed by atoms with Gasteiger partial charge in [-0.3, -0.25) is 0 Å². The van der Waals surface area contributed by atoms with Gasteiger partial charge in [0.05, 0.1) is 11.1 Å². The first kappa shape index (κ1) is 40.8. The third-order valence-electron chi connectivity index (χ3n) is 15.4. The topological polar surface area (TPSA) is 16.4 Å². The van der Waals surface area contributed by atoms with E-state index < -0.39 is 5.41 Å². The number of rotatable bonds is 7. The maximum Gasteiger partial charge on any atom is 0.159 e. The molecule has 72 heavy (non-hydrogen) atoms. The number of hydrogen-bond acceptors (Lipinski definition) is 3. The Morgan fingerprint density at radius 3 is 1.56 bits per heavy atom. The van der Waals surface area contributed by atoms with E-state index in [1.54, 1.807) is 0 Å². The van der Waals surface area contributed by atoms with Gasteiger partial charge >= 0.3 is 0 Å². The van der Waals surface area contributed by atoms with Gasteiger partial charge < -0.3 is 9.32 Å². The van der Waals surface area contributed by atoms with Crippen molar-refractivity contribution in [1.82, 2.24) is 0 Å². The monoisotopic (exact) mass is 933 g/mol. The number of benzene rings is 12. The first-order valence-electron chi connectivity index (χ1n) is 24.7. The molecule has 1 aliphatic carbocycles. The molecule has 0 saturated carbocycles. The van der Waals surface area contributed by atoms with E-state index in [0.29, 0.717) is 0 Å². The Morgan fingerprint density at radius 2 is 0.819 bits per heavy atom. The summed E-state index contributed by atoms with van der Waals surface area (Å²) >= 11 is 1.90. The number of hydrogen-bond donors (Lipinski definition) is 0. The molecule has 0 unspecified atom stereocenters. The fourth-order valence-corrected chi connectivity index (χ4v) is 13.6. The predicted octanol–water partition coefficient (Wildman–Crippen LogP) is 19.4. The van der Waals surface area contributed by atoms with Gasteiger partial charge in [0.2, 0.25) is 0 Å². The van der Waals surface area contributed by atoms with Gasteiger partial charge in [0.1, 0.15) is 5.58 Å². The molecule has 0 radical (unpaired) electrons. The molecular formula is C69H43NOS. The Kier molecular flexibility index (Phi) is 9.08. The van der Waals surface area contributed by atoms with Crippen molar-refractivity contribution in [2.75, 3.05) is 4.90 Å². The van der Waals surface area contributed by atoms with Crippen molar-refractivity contribution in [3.8, 4) is 33.4 Å². The van der Waals surface area contributed by atoms with E-state index in [1.807, 2.05) is 11.3 Å². The summed E-state index contributed by atoms with van der Waals surface area (Å²) in [5.74, 6) is 0. The molecule has 15 rings (SSSR count). The Labute approximate surface area is 420 Å². The normalized spacial score (nSPS) is 12.8. The second kappa shape index (κ2) is 16.0. The van der Waals surface area contributed by atoms with Gasteiger partial charge in [-0.25, -0.2) is 0 Å². The van der Waals surface area contributed by atoms with Crippen molar-refractivity contribution in [2.45, 2.75) is 5.41 Å². The van der Waals surface area contributed by atoms with Crippen LogP contribution in [-0.2, 0) is 5.41 Å². The maximum absolute atomic E-state index is 7.05. The van der Waals surface area contributed by atoms with Gasteiger partial charge in [-0.1, -0.05) is 224 Å². The van der Waals surface area contributed by atoms with Crippen LogP contribution in [-0.4, -0.2) is 0 Å². The number of anilines is 3. The highest BCUT2D eigenvalue weighted by Gasteiger charge is 2.46. The second-order valence-electron chi connectivity index (χ2n) is 19.1. The van der Waals surface area contributed by atoms with Crippen LogP contribution in [0.25, 0.3) is 97.0 Å². The van der Waals surface area contributed by atoms with Crippen LogP contribution in [0.1, 0.15) is 22.3 Å². The minimum atomic E-state index is -0.471. The van der Waals surface area contributed by atoms with Gasteiger partial charge in [0.15, 0.2) is 5.58 Å². The molecule has 336 valence electrons. The van der Waals surface area contributed by atoms with Crippen LogP contribution in [0.2, 0.25) is 0 Å². The van der Waals surface area contributed by atoms with E-state index >= 15 is 0 Å². The number of furan rings is 1. The highest BCUT2D eigenvalue weighted by atomic mass is 32.1. The highest BCUT2D eigenvalue weighted by Crippen LogP contribution is 2.58. The first-order valence-corrected chi connectivity index (χ1v) is 25.6. The molecule has 0 saturated heterocycles.